The molecule has 0 bridgehead atoms. The molecule has 0 atom stereocenters. The fourth-order valence-electron chi connectivity index (χ4n) is 1.93. The molecule has 1 aromatic rings. The van der Waals surface area contributed by atoms with Gasteiger partial charge in [-0.1, -0.05) is 31.8 Å². The highest BCUT2D eigenvalue weighted by Gasteiger charge is 2.07. The monoisotopic (exact) mass is 287 g/mol. The van der Waals surface area contributed by atoms with Crippen LogP contribution < -0.4 is 5.32 Å². The normalized spacial score (nSPS) is 10.1. The highest BCUT2D eigenvalue weighted by atomic mass is 16.2. The van der Waals surface area contributed by atoms with Crippen LogP contribution in [0.3, 0.4) is 0 Å². The van der Waals surface area contributed by atoms with Gasteiger partial charge < -0.3 is 10.4 Å². The first kappa shape index (κ1) is 17.3. The Morgan fingerprint density at radius 2 is 2.14 bits per heavy atom. The second-order valence-electron chi connectivity index (χ2n) is 5.60. The van der Waals surface area contributed by atoms with Gasteiger partial charge in [-0.05, 0) is 43.4 Å². The lowest BCUT2D eigenvalue weighted by Crippen LogP contribution is -2.24. The van der Waals surface area contributed by atoms with Crippen molar-refractivity contribution in [2.45, 2.75) is 40.0 Å². The van der Waals surface area contributed by atoms with Crippen LogP contribution in [0.4, 0.5) is 0 Å². The van der Waals surface area contributed by atoms with Crippen LogP contribution in [0.25, 0.3) is 0 Å². The average molecular weight is 287 g/mol. The van der Waals surface area contributed by atoms with Gasteiger partial charge in [0.05, 0.1) is 6.61 Å². The average Bonchev–Trinajstić information content (AvgIpc) is 2.45. The number of aliphatic hydroxyl groups excluding tert-OH is 1. The standard InChI is InChI=1S/C18H25NO2/c1-14(2)7-6-11-19-18(21)17-10-9-15(3)16(13-17)8-4-5-12-20/h9-10,13-14,20H,5-7,11-12H2,1-3H3,(H,19,21). The van der Waals surface area contributed by atoms with Gasteiger partial charge >= 0.3 is 0 Å². The van der Waals surface area contributed by atoms with Crippen molar-refractivity contribution in [2.24, 2.45) is 5.92 Å². The van der Waals surface area contributed by atoms with E-state index in [1.54, 1.807) is 0 Å². The molecular formula is C18H25NO2. The maximum absolute atomic E-state index is 12.1. The number of carbonyl (C=O) groups excluding carboxylic acids is 1. The second kappa shape index (κ2) is 9.20. The lowest BCUT2D eigenvalue weighted by molar-refractivity contribution is 0.0952. The zero-order valence-electron chi connectivity index (χ0n) is 13.2. The number of hydrogen-bond donors (Lipinski definition) is 2. The maximum atomic E-state index is 12.1. The van der Waals surface area contributed by atoms with Gasteiger partial charge in [0.25, 0.3) is 5.91 Å². The van der Waals surface area contributed by atoms with Gasteiger partial charge in [-0.3, -0.25) is 4.79 Å². The topological polar surface area (TPSA) is 49.3 Å². The molecule has 0 saturated heterocycles. The summed E-state index contributed by atoms with van der Waals surface area (Å²) >= 11 is 0. The maximum Gasteiger partial charge on any atom is 0.251 e. The molecule has 0 saturated carbocycles. The molecule has 1 amide bonds. The summed E-state index contributed by atoms with van der Waals surface area (Å²) in [6.45, 7) is 7.09. The van der Waals surface area contributed by atoms with Crippen molar-refractivity contribution in [3.63, 3.8) is 0 Å². The minimum absolute atomic E-state index is 0.0519. The van der Waals surface area contributed by atoms with Crippen LogP contribution in [-0.2, 0) is 0 Å². The van der Waals surface area contributed by atoms with Crippen molar-refractivity contribution < 1.29 is 9.90 Å². The van der Waals surface area contributed by atoms with E-state index >= 15 is 0 Å². The molecule has 0 aliphatic carbocycles. The molecule has 0 spiro atoms. The van der Waals surface area contributed by atoms with E-state index in [-0.39, 0.29) is 12.5 Å². The van der Waals surface area contributed by atoms with Crippen molar-refractivity contribution in [1.82, 2.24) is 5.32 Å². The summed E-state index contributed by atoms with van der Waals surface area (Å²) in [6.07, 6.45) is 2.57. The van der Waals surface area contributed by atoms with Gasteiger partial charge in [-0.25, -0.2) is 0 Å². The van der Waals surface area contributed by atoms with E-state index in [1.165, 1.54) is 0 Å². The van der Waals surface area contributed by atoms with Crippen molar-refractivity contribution in [3.05, 3.63) is 34.9 Å². The van der Waals surface area contributed by atoms with E-state index in [2.05, 4.69) is 31.0 Å². The van der Waals surface area contributed by atoms with E-state index in [4.69, 9.17) is 5.11 Å². The number of benzene rings is 1. The fourth-order valence-corrected chi connectivity index (χ4v) is 1.93. The zero-order valence-corrected chi connectivity index (χ0v) is 13.2. The summed E-state index contributed by atoms with van der Waals surface area (Å²) in [5, 5.41) is 11.7. The molecule has 114 valence electrons. The Labute approximate surface area is 127 Å². The quantitative estimate of drug-likeness (QED) is 0.624. The van der Waals surface area contributed by atoms with Crippen molar-refractivity contribution in [1.29, 1.82) is 0 Å². The van der Waals surface area contributed by atoms with Crippen LogP contribution >= 0.6 is 0 Å². The van der Waals surface area contributed by atoms with Gasteiger partial charge in [-0.2, -0.15) is 0 Å². The SMILES string of the molecule is Cc1ccc(C(=O)NCCCC(C)C)cc1C#CCCO. The van der Waals surface area contributed by atoms with Crippen LogP contribution in [0.2, 0.25) is 0 Å². The van der Waals surface area contributed by atoms with E-state index in [1.807, 2.05) is 25.1 Å². The van der Waals surface area contributed by atoms with E-state index in [0.29, 0.717) is 24.4 Å². The van der Waals surface area contributed by atoms with E-state index in [0.717, 1.165) is 24.0 Å². The first-order valence-corrected chi connectivity index (χ1v) is 7.53. The van der Waals surface area contributed by atoms with Gasteiger partial charge in [0.2, 0.25) is 0 Å². The van der Waals surface area contributed by atoms with Crippen molar-refractivity contribution in [2.75, 3.05) is 13.2 Å². The molecule has 1 aromatic carbocycles. The van der Waals surface area contributed by atoms with Crippen LogP contribution in [0.15, 0.2) is 18.2 Å². The van der Waals surface area contributed by atoms with Crippen LogP contribution in [0, 0.1) is 24.7 Å². The van der Waals surface area contributed by atoms with E-state index < -0.39 is 0 Å². The highest BCUT2D eigenvalue weighted by Crippen LogP contribution is 2.10. The largest absolute Gasteiger partial charge is 0.395 e. The Bertz CT molecular complexity index is 524. The Morgan fingerprint density at radius 3 is 2.81 bits per heavy atom. The van der Waals surface area contributed by atoms with Crippen LogP contribution in [-0.4, -0.2) is 24.2 Å². The zero-order chi connectivity index (χ0) is 15.7. The summed E-state index contributed by atoms with van der Waals surface area (Å²) in [4.78, 5) is 12.1. The molecular weight excluding hydrogens is 262 g/mol. The predicted molar refractivity (Wildman–Crippen MR) is 86.2 cm³/mol. The van der Waals surface area contributed by atoms with Gasteiger partial charge in [-0.15, -0.1) is 0 Å². The molecule has 0 aromatic heterocycles. The summed E-state index contributed by atoms with van der Waals surface area (Å²) in [5.74, 6) is 6.50. The number of hydrogen-bond acceptors (Lipinski definition) is 2. The molecule has 2 N–H and O–H groups in total. The Kier molecular flexibility index (Phi) is 7.56. The first-order valence-electron chi connectivity index (χ1n) is 7.53. The van der Waals surface area contributed by atoms with E-state index in [9.17, 15) is 4.79 Å². The highest BCUT2D eigenvalue weighted by molar-refractivity contribution is 5.94. The molecule has 0 radical (unpaired) electrons. The summed E-state index contributed by atoms with van der Waals surface area (Å²) in [6, 6.07) is 5.55. The molecule has 0 heterocycles. The third-order valence-electron chi connectivity index (χ3n) is 3.20. The predicted octanol–water partition coefficient (Wildman–Crippen LogP) is 2.89. The summed E-state index contributed by atoms with van der Waals surface area (Å²) in [7, 11) is 0. The molecule has 0 unspecified atom stereocenters. The third kappa shape index (κ3) is 6.46. The number of aliphatic hydroxyl groups is 1. The number of rotatable bonds is 6. The Hall–Kier alpha value is -1.79. The first-order chi connectivity index (χ1) is 10.0. The minimum Gasteiger partial charge on any atom is -0.395 e. The molecule has 0 fully saturated rings. The number of carbonyl (C=O) groups is 1. The molecule has 1 rings (SSSR count). The number of aryl methyl sites for hydroxylation is 1. The van der Waals surface area contributed by atoms with Crippen LogP contribution in [0.1, 0.15) is 54.6 Å². The lowest BCUT2D eigenvalue weighted by atomic mass is 10.0. The fraction of sp³-hybridized carbons (Fsp3) is 0.500. The van der Waals surface area contributed by atoms with Gasteiger partial charge in [0.15, 0.2) is 0 Å². The number of nitrogens with one attached hydrogen (secondary N) is 1. The number of amides is 1. The Balaban J connectivity index is 2.64. The van der Waals surface area contributed by atoms with Gasteiger partial charge in [0.1, 0.15) is 0 Å². The molecule has 3 heteroatoms. The minimum atomic E-state index is -0.0519. The van der Waals surface area contributed by atoms with Crippen molar-refractivity contribution in [3.8, 4) is 11.8 Å². The summed E-state index contributed by atoms with van der Waals surface area (Å²) in [5.41, 5.74) is 2.52. The lowest BCUT2D eigenvalue weighted by Gasteiger charge is -2.08. The third-order valence-corrected chi connectivity index (χ3v) is 3.20. The molecule has 3 nitrogen and oxygen atoms in total. The Morgan fingerprint density at radius 1 is 1.38 bits per heavy atom. The second-order valence-corrected chi connectivity index (χ2v) is 5.60. The molecule has 0 aliphatic heterocycles. The van der Waals surface area contributed by atoms with Gasteiger partial charge in [0, 0.05) is 24.1 Å². The summed E-state index contributed by atoms with van der Waals surface area (Å²) < 4.78 is 0. The van der Waals surface area contributed by atoms with Crippen molar-refractivity contribution >= 4 is 5.91 Å². The molecule has 0 aliphatic rings. The van der Waals surface area contributed by atoms with Crippen LogP contribution in [0.5, 0.6) is 0 Å². The molecule has 21 heavy (non-hydrogen) atoms. The smallest absolute Gasteiger partial charge is 0.251 e.